The summed E-state index contributed by atoms with van der Waals surface area (Å²) in [4.78, 5) is 54.9. The minimum absolute atomic E-state index is 0.0186. The molecule has 10 heteroatoms. The first-order chi connectivity index (χ1) is 30.6. The first kappa shape index (κ1) is 50.5. The SMILES string of the molecule is CC(=O)c1ccc(C(C)=O)cc1.CC(=O)c1ccc2cc(C(C)=O)ccc2c1.COc1ccc(-c2ccc(O)cc2)cc1.COc1ccc(C(C)=O)cc1.COc1ccc(OC)cc1. The number of hydrogen-bond donors (Lipinski definition) is 1. The molecule has 10 nitrogen and oxygen atoms in total. The fourth-order valence-corrected chi connectivity index (χ4v) is 5.60. The Bertz CT molecular complexity index is 2480. The maximum atomic E-state index is 11.2. The molecule has 0 aromatic heterocycles. The molecule has 64 heavy (non-hydrogen) atoms. The molecule has 0 atom stereocenters. The number of phenolic OH excluding ortho intramolecular Hbond substituents is 1. The largest absolute Gasteiger partial charge is 0.508 e. The molecule has 0 aliphatic heterocycles. The molecule has 330 valence electrons. The molecule has 0 aliphatic carbocycles. The molecule has 7 aromatic rings. The van der Waals surface area contributed by atoms with Gasteiger partial charge in [-0.1, -0.05) is 72.8 Å². The van der Waals surface area contributed by atoms with Crippen LogP contribution in [-0.2, 0) is 0 Å². The Labute approximate surface area is 375 Å². The number of Topliss-reactive ketones (excluding diaryl/α,β-unsaturated/α-hetero) is 5. The monoisotopic (exact) mass is 862 g/mol. The number of phenols is 1. The van der Waals surface area contributed by atoms with E-state index in [1.54, 1.807) is 122 Å². The third-order valence-corrected chi connectivity index (χ3v) is 9.43. The topological polar surface area (TPSA) is 142 Å². The number of carbonyl (C=O) groups is 5. The number of carbonyl (C=O) groups excluding carboxylic acids is 5. The number of benzene rings is 7. The lowest BCUT2D eigenvalue weighted by atomic mass is 10.0. The van der Waals surface area contributed by atoms with E-state index < -0.39 is 0 Å². The summed E-state index contributed by atoms with van der Waals surface area (Å²) in [5.74, 6) is 3.82. The van der Waals surface area contributed by atoms with Gasteiger partial charge >= 0.3 is 0 Å². The second-order valence-electron chi connectivity index (χ2n) is 14.0. The van der Waals surface area contributed by atoms with Gasteiger partial charge in [0.2, 0.25) is 0 Å². The molecule has 1 N–H and O–H groups in total. The van der Waals surface area contributed by atoms with Gasteiger partial charge in [-0.3, -0.25) is 24.0 Å². The summed E-state index contributed by atoms with van der Waals surface area (Å²) in [6.45, 7) is 7.64. The van der Waals surface area contributed by atoms with Crippen LogP contribution >= 0.6 is 0 Å². The minimum atomic E-state index is 0.0186. The zero-order valence-electron chi connectivity index (χ0n) is 37.6. The Morgan fingerprint density at radius 3 is 0.797 bits per heavy atom. The van der Waals surface area contributed by atoms with Crippen LogP contribution < -0.4 is 18.9 Å². The van der Waals surface area contributed by atoms with Crippen LogP contribution in [0.25, 0.3) is 21.9 Å². The summed E-state index contributed by atoms with van der Waals surface area (Å²) in [6.07, 6.45) is 0. The molecule has 0 fully saturated rings. The molecule has 0 radical (unpaired) electrons. The van der Waals surface area contributed by atoms with Crippen molar-refractivity contribution >= 4 is 39.7 Å². The van der Waals surface area contributed by atoms with Crippen LogP contribution in [0.5, 0.6) is 28.7 Å². The molecule has 0 amide bonds. The molecular formula is C54H54O10. The molecule has 0 bridgehead atoms. The molecule has 7 aromatic carbocycles. The normalized spacial score (nSPS) is 9.70. The van der Waals surface area contributed by atoms with Crippen LogP contribution in [0.3, 0.4) is 0 Å². The van der Waals surface area contributed by atoms with Gasteiger partial charge in [-0.2, -0.15) is 0 Å². The van der Waals surface area contributed by atoms with Crippen molar-refractivity contribution in [2.24, 2.45) is 0 Å². The number of fused-ring (bicyclic) bond motifs is 1. The molecule has 0 spiro atoms. The minimum Gasteiger partial charge on any atom is -0.508 e. The highest BCUT2D eigenvalue weighted by Gasteiger charge is 2.05. The van der Waals surface area contributed by atoms with Gasteiger partial charge in [0.05, 0.1) is 28.4 Å². The van der Waals surface area contributed by atoms with Crippen molar-refractivity contribution in [1.82, 2.24) is 0 Å². The lowest BCUT2D eigenvalue weighted by Crippen LogP contribution is -1.95. The highest BCUT2D eigenvalue weighted by Crippen LogP contribution is 2.24. The molecular weight excluding hydrogens is 809 g/mol. The van der Waals surface area contributed by atoms with Crippen molar-refractivity contribution in [2.45, 2.75) is 34.6 Å². The second-order valence-corrected chi connectivity index (χ2v) is 14.0. The van der Waals surface area contributed by atoms with E-state index in [2.05, 4.69) is 0 Å². The summed E-state index contributed by atoms with van der Waals surface area (Å²) in [5.41, 5.74) is 5.57. The summed E-state index contributed by atoms with van der Waals surface area (Å²) >= 11 is 0. The van der Waals surface area contributed by atoms with Gasteiger partial charge in [-0.05, 0) is 141 Å². The maximum Gasteiger partial charge on any atom is 0.159 e. The van der Waals surface area contributed by atoms with Gasteiger partial charge in [-0.25, -0.2) is 0 Å². The fraction of sp³-hybridized carbons (Fsp3) is 0.167. The molecule has 0 unspecified atom stereocenters. The summed E-state index contributed by atoms with van der Waals surface area (Å²) in [6, 6.07) is 47.1. The lowest BCUT2D eigenvalue weighted by Gasteiger charge is -2.03. The van der Waals surface area contributed by atoms with E-state index in [1.807, 2.05) is 84.9 Å². The zero-order valence-corrected chi connectivity index (χ0v) is 37.6. The quantitative estimate of drug-likeness (QED) is 0.132. The van der Waals surface area contributed by atoms with Gasteiger partial charge in [0.25, 0.3) is 0 Å². The van der Waals surface area contributed by atoms with Crippen molar-refractivity contribution in [2.75, 3.05) is 28.4 Å². The van der Waals surface area contributed by atoms with E-state index in [0.717, 1.165) is 44.9 Å². The summed E-state index contributed by atoms with van der Waals surface area (Å²) in [5, 5.41) is 11.1. The zero-order chi connectivity index (χ0) is 47.2. The predicted molar refractivity (Wildman–Crippen MR) is 253 cm³/mol. The highest BCUT2D eigenvalue weighted by atomic mass is 16.5. The summed E-state index contributed by atoms with van der Waals surface area (Å²) < 4.78 is 19.9. The van der Waals surface area contributed by atoms with Crippen molar-refractivity contribution in [3.8, 4) is 39.9 Å². The first-order valence-electron chi connectivity index (χ1n) is 20.0. The van der Waals surface area contributed by atoms with Crippen LogP contribution in [-0.4, -0.2) is 62.5 Å². The number of aromatic hydroxyl groups is 1. The van der Waals surface area contributed by atoms with E-state index in [1.165, 1.54) is 13.8 Å². The van der Waals surface area contributed by atoms with Crippen molar-refractivity contribution in [3.63, 3.8) is 0 Å². The lowest BCUT2D eigenvalue weighted by molar-refractivity contribution is 0.100. The van der Waals surface area contributed by atoms with Crippen molar-refractivity contribution in [1.29, 1.82) is 0 Å². The van der Waals surface area contributed by atoms with E-state index in [-0.39, 0.29) is 34.7 Å². The molecule has 0 saturated heterocycles. The Hall–Kier alpha value is -7.85. The molecule has 0 aliphatic rings. The Morgan fingerprint density at radius 2 is 0.531 bits per heavy atom. The number of rotatable bonds is 10. The van der Waals surface area contributed by atoms with Crippen LogP contribution in [0.4, 0.5) is 0 Å². The molecule has 0 heterocycles. The smallest absolute Gasteiger partial charge is 0.159 e. The maximum absolute atomic E-state index is 11.2. The van der Waals surface area contributed by atoms with Gasteiger partial charge in [0.15, 0.2) is 28.9 Å². The average molecular weight is 863 g/mol. The van der Waals surface area contributed by atoms with Crippen molar-refractivity contribution in [3.05, 3.63) is 186 Å². The Morgan fingerprint density at radius 1 is 0.312 bits per heavy atom. The predicted octanol–water partition coefficient (Wildman–Crippen LogP) is 12.0. The number of ether oxygens (including phenoxy) is 4. The van der Waals surface area contributed by atoms with Gasteiger partial charge in [0.1, 0.15) is 28.7 Å². The fourth-order valence-electron chi connectivity index (χ4n) is 5.60. The Kier molecular flexibility index (Phi) is 20.4. The number of methoxy groups -OCH3 is 4. The van der Waals surface area contributed by atoms with Crippen LogP contribution in [0.2, 0.25) is 0 Å². The van der Waals surface area contributed by atoms with E-state index in [0.29, 0.717) is 27.8 Å². The van der Waals surface area contributed by atoms with Crippen LogP contribution in [0.15, 0.2) is 158 Å². The third-order valence-electron chi connectivity index (χ3n) is 9.43. The third kappa shape index (κ3) is 16.5. The van der Waals surface area contributed by atoms with E-state index >= 15 is 0 Å². The first-order valence-corrected chi connectivity index (χ1v) is 20.0. The Balaban J connectivity index is 0.000000215. The molecule has 0 saturated carbocycles. The molecule has 7 rings (SSSR count). The van der Waals surface area contributed by atoms with Crippen LogP contribution in [0, 0.1) is 0 Å². The van der Waals surface area contributed by atoms with Crippen molar-refractivity contribution < 1.29 is 48.0 Å². The second kappa shape index (κ2) is 25.8. The summed E-state index contributed by atoms with van der Waals surface area (Å²) in [7, 11) is 6.53. The highest BCUT2D eigenvalue weighted by molar-refractivity contribution is 6.02. The standard InChI is InChI=1S/C14H12O2.C13H12O2.C10H10O2.C9H10O2.C8H10O2/c1-9(15)11-3-5-14-8-12(10(2)16)4-6-13(14)7-11;1-15-13-8-4-11(5-9-13)10-2-6-12(14)7-3-10;1-7(11)9-3-5-10(6-4-9)8(2)12;1-7(10)8-3-5-9(11-2)6-4-8;1-9-7-3-5-8(10-2)6-4-7/h3-8H,1-2H3;2-9,14H,1H3;3-6H,1-2H3;3-6H,1-2H3;3-6H,1-2H3. The van der Waals surface area contributed by atoms with E-state index in [9.17, 15) is 24.0 Å². The van der Waals surface area contributed by atoms with Crippen LogP contribution in [0.1, 0.15) is 86.4 Å². The number of ketones is 5. The van der Waals surface area contributed by atoms with Gasteiger partial charge in [-0.15, -0.1) is 0 Å². The number of hydrogen-bond acceptors (Lipinski definition) is 10. The van der Waals surface area contributed by atoms with Gasteiger partial charge < -0.3 is 24.1 Å². The van der Waals surface area contributed by atoms with Gasteiger partial charge in [0, 0.05) is 27.8 Å². The average Bonchev–Trinajstić information content (AvgIpc) is 3.32. The van der Waals surface area contributed by atoms with E-state index in [4.69, 9.17) is 24.1 Å².